The molecule has 0 spiro atoms. The van der Waals surface area contributed by atoms with E-state index in [4.69, 9.17) is 10.1 Å². The van der Waals surface area contributed by atoms with Crippen molar-refractivity contribution < 1.29 is 16.1 Å². The molecule has 0 aliphatic carbocycles. The highest BCUT2D eigenvalue weighted by Crippen LogP contribution is 2.13. The van der Waals surface area contributed by atoms with Gasteiger partial charge in [0.25, 0.3) is 0 Å². The predicted molar refractivity (Wildman–Crippen MR) is 109 cm³/mol. The van der Waals surface area contributed by atoms with Gasteiger partial charge in [-0.05, 0) is 31.8 Å². The highest BCUT2D eigenvalue weighted by atomic mass is 32.2. The first-order valence-corrected chi connectivity index (χ1v) is 11.0. The molecule has 9 nitrogen and oxygen atoms in total. The van der Waals surface area contributed by atoms with Gasteiger partial charge >= 0.3 is 0 Å². The van der Waals surface area contributed by atoms with Crippen LogP contribution in [0.1, 0.15) is 41.4 Å². The minimum Gasteiger partial charge on any atom is -0.347 e. The number of nitriles is 1. The van der Waals surface area contributed by atoms with E-state index >= 15 is 0 Å². The molecule has 1 atom stereocenters. The van der Waals surface area contributed by atoms with Crippen molar-refractivity contribution in [2.75, 3.05) is 32.0 Å². The van der Waals surface area contributed by atoms with E-state index in [1.807, 2.05) is 18.3 Å². The molecule has 0 aromatic carbocycles. The lowest BCUT2D eigenvalue weighted by Crippen LogP contribution is -2.42. The van der Waals surface area contributed by atoms with Crippen molar-refractivity contribution in [2.24, 2.45) is 9.98 Å². The summed E-state index contributed by atoms with van der Waals surface area (Å²) in [4.78, 5) is 13.7. The number of hydroxylamine groups is 1. The van der Waals surface area contributed by atoms with Gasteiger partial charge in [-0.15, -0.1) is 0 Å². The Bertz CT molecular complexity index is 688. The number of nitrogens with one attached hydrogen (secondary N) is 2. The molecule has 0 bridgehead atoms. The van der Waals surface area contributed by atoms with Gasteiger partial charge in [0.2, 0.25) is 16.0 Å². The van der Waals surface area contributed by atoms with Gasteiger partial charge in [-0.3, -0.25) is 20.1 Å². The third-order valence-electron chi connectivity index (χ3n) is 4.19. The van der Waals surface area contributed by atoms with Crippen LogP contribution in [-0.4, -0.2) is 63.1 Å². The number of allylic oxidation sites excluding steroid dienone is 1. The zero-order valence-electron chi connectivity index (χ0n) is 15.5. The number of hydrogen-bond donors (Lipinski definition) is 2. The van der Waals surface area contributed by atoms with Gasteiger partial charge in [0, 0.05) is 22.2 Å². The number of guanidine groups is 1. The minimum absolute atomic E-state index is 0. The Kier molecular flexibility index (Phi) is 9.24. The zero-order valence-corrected chi connectivity index (χ0v) is 16.3. The quantitative estimate of drug-likeness (QED) is 0.199. The first-order chi connectivity index (χ1) is 13.1. The fraction of sp³-hybridized carbons (Fsp3) is 0.706. The molecule has 0 amide bonds. The van der Waals surface area contributed by atoms with Crippen LogP contribution in [0.3, 0.4) is 0 Å². The van der Waals surface area contributed by atoms with E-state index in [1.54, 1.807) is 6.21 Å². The van der Waals surface area contributed by atoms with Gasteiger partial charge in [0.05, 0.1) is 24.9 Å². The molecule has 10 heteroatoms. The van der Waals surface area contributed by atoms with E-state index in [0.717, 1.165) is 36.6 Å². The summed E-state index contributed by atoms with van der Waals surface area (Å²) in [5, 5.41) is 14.5. The van der Waals surface area contributed by atoms with Crippen molar-refractivity contribution in [3.05, 3.63) is 12.2 Å². The molecule has 2 N–H and O–H groups in total. The smallest absolute Gasteiger partial charge is 0.236 e. The standard InChI is InChI=1S/C17H28N6O3S.2H2/c18-15-21-17(22-16-8-7-9-19-14-16)20-10-3-1-2-6-13-27(24,25)23-11-4-5-12-26-23;;/h7-9,16H,1-6,10-14H2,(H2,20,21,22);2*1H. The summed E-state index contributed by atoms with van der Waals surface area (Å²) in [6.07, 6.45) is 12.3. The molecule has 154 valence electrons. The summed E-state index contributed by atoms with van der Waals surface area (Å²) >= 11 is 0. The molecule has 27 heavy (non-hydrogen) atoms. The van der Waals surface area contributed by atoms with Crippen LogP contribution in [0.15, 0.2) is 22.1 Å². The minimum atomic E-state index is -3.30. The predicted octanol–water partition coefficient (Wildman–Crippen LogP) is 1.42. The fourth-order valence-corrected chi connectivity index (χ4v) is 4.17. The van der Waals surface area contributed by atoms with Crippen LogP contribution in [0.25, 0.3) is 0 Å². The molecule has 0 saturated carbocycles. The van der Waals surface area contributed by atoms with Gasteiger partial charge < -0.3 is 5.32 Å². The third kappa shape index (κ3) is 8.07. The van der Waals surface area contributed by atoms with Crippen molar-refractivity contribution in [3.63, 3.8) is 0 Å². The monoisotopic (exact) mass is 400 g/mol. The van der Waals surface area contributed by atoms with E-state index in [0.29, 0.717) is 38.6 Å². The maximum absolute atomic E-state index is 12.1. The molecule has 2 rings (SSSR count). The molecule has 0 radical (unpaired) electrons. The molecular formula is C17H32N6O3S. The second-order valence-corrected chi connectivity index (χ2v) is 8.39. The van der Waals surface area contributed by atoms with Crippen molar-refractivity contribution in [2.45, 2.75) is 44.6 Å². The first-order valence-electron chi connectivity index (χ1n) is 9.38. The van der Waals surface area contributed by atoms with Crippen LogP contribution in [-0.2, 0) is 14.9 Å². The summed E-state index contributed by atoms with van der Waals surface area (Å²) in [6, 6.07) is 0.0248. The topological polar surface area (TPSA) is 119 Å². The van der Waals surface area contributed by atoms with Gasteiger partial charge in [0.15, 0.2) is 6.19 Å². The van der Waals surface area contributed by atoms with Crippen LogP contribution < -0.4 is 10.6 Å². The largest absolute Gasteiger partial charge is 0.347 e. The van der Waals surface area contributed by atoms with Crippen LogP contribution in [0, 0.1) is 11.5 Å². The molecule has 1 fully saturated rings. The Labute approximate surface area is 164 Å². The molecule has 2 aliphatic rings. The average molecular weight is 401 g/mol. The van der Waals surface area contributed by atoms with E-state index in [-0.39, 0.29) is 14.6 Å². The van der Waals surface area contributed by atoms with Crippen molar-refractivity contribution >= 4 is 22.2 Å². The Balaban J connectivity index is 0.00000392. The lowest BCUT2D eigenvalue weighted by atomic mass is 10.2. The summed E-state index contributed by atoms with van der Waals surface area (Å²) in [5.41, 5.74) is 0. The Hall–Kier alpha value is -1.96. The van der Waals surface area contributed by atoms with Crippen LogP contribution in [0.5, 0.6) is 0 Å². The van der Waals surface area contributed by atoms with Gasteiger partial charge in [0.1, 0.15) is 0 Å². The second kappa shape index (κ2) is 11.7. The second-order valence-electron chi connectivity index (χ2n) is 6.41. The molecular weight excluding hydrogens is 368 g/mol. The highest BCUT2D eigenvalue weighted by Gasteiger charge is 2.24. The Morgan fingerprint density at radius 3 is 2.93 bits per heavy atom. The zero-order chi connectivity index (χ0) is 19.4. The first kappa shape index (κ1) is 21.3. The summed E-state index contributed by atoms with van der Waals surface area (Å²) in [5.74, 6) is 0.558. The average Bonchev–Trinajstić information content (AvgIpc) is 2.69. The molecule has 1 saturated heterocycles. The number of unbranched alkanes of at least 4 members (excludes halogenated alkanes) is 3. The van der Waals surface area contributed by atoms with Crippen molar-refractivity contribution in [3.8, 4) is 6.19 Å². The van der Waals surface area contributed by atoms with Crippen LogP contribution >= 0.6 is 0 Å². The van der Waals surface area contributed by atoms with Gasteiger partial charge in [-0.25, -0.2) is 8.42 Å². The number of sulfonamides is 1. The fourth-order valence-electron chi connectivity index (χ4n) is 2.76. The number of aliphatic imine (C=N–C) groups is 2. The number of rotatable bonds is 9. The van der Waals surface area contributed by atoms with Crippen LogP contribution in [0.4, 0.5) is 0 Å². The normalized spacial score (nSPS) is 21.0. The van der Waals surface area contributed by atoms with Gasteiger partial charge in [-0.1, -0.05) is 23.4 Å². The maximum atomic E-state index is 12.1. The number of hydrogen-bond acceptors (Lipinski definition) is 6. The molecule has 1 unspecified atom stereocenters. The van der Waals surface area contributed by atoms with Crippen molar-refractivity contribution in [1.82, 2.24) is 15.1 Å². The van der Waals surface area contributed by atoms with Crippen LogP contribution in [0.2, 0.25) is 0 Å². The number of dihydropyridines is 1. The van der Waals surface area contributed by atoms with E-state index < -0.39 is 10.0 Å². The van der Waals surface area contributed by atoms with Crippen molar-refractivity contribution in [1.29, 1.82) is 5.26 Å². The lowest BCUT2D eigenvalue weighted by Gasteiger charge is -2.25. The lowest BCUT2D eigenvalue weighted by molar-refractivity contribution is -0.108. The summed E-state index contributed by atoms with van der Waals surface area (Å²) < 4.78 is 25.4. The van der Waals surface area contributed by atoms with E-state index in [1.165, 1.54) is 0 Å². The molecule has 2 heterocycles. The Morgan fingerprint density at radius 1 is 1.37 bits per heavy atom. The van der Waals surface area contributed by atoms with Gasteiger partial charge in [-0.2, -0.15) is 5.26 Å². The molecule has 0 aromatic rings. The Morgan fingerprint density at radius 2 is 2.22 bits per heavy atom. The van der Waals surface area contributed by atoms with E-state index in [2.05, 4.69) is 20.6 Å². The van der Waals surface area contributed by atoms with E-state index in [9.17, 15) is 8.42 Å². The molecule has 0 aromatic heterocycles. The summed E-state index contributed by atoms with van der Waals surface area (Å²) in [7, 11) is -3.30. The number of nitrogens with zero attached hydrogens (tertiary/aromatic N) is 4. The molecule has 2 aliphatic heterocycles. The summed E-state index contributed by atoms with van der Waals surface area (Å²) in [6.45, 7) is 2.12. The highest BCUT2D eigenvalue weighted by molar-refractivity contribution is 7.88. The third-order valence-corrected chi connectivity index (χ3v) is 5.91. The SMILES string of the molecule is N#CNC(=NCCCCCCS(=O)(=O)N1CCCCO1)NC1C=CC=NC1.[HH].[HH]. The maximum Gasteiger partial charge on any atom is 0.236 e.